The predicted molar refractivity (Wildman–Crippen MR) is 72.3 cm³/mol. The van der Waals surface area contributed by atoms with Crippen molar-refractivity contribution in [3.05, 3.63) is 34.9 Å². The van der Waals surface area contributed by atoms with Gasteiger partial charge in [-0.3, -0.25) is 0 Å². The molecule has 1 aromatic rings. The molecule has 0 amide bonds. The van der Waals surface area contributed by atoms with E-state index in [2.05, 4.69) is 18.3 Å². The van der Waals surface area contributed by atoms with E-state index in [1.165, 1.54) is 24.8 Å². The smallest absolute Gasteiger partial charge is 0.0409 e. The quantitative estimate of drug-likeness (QED) is 0.842. The third kappa shape index (κ3) is 3.97. The van der Waals surface area contributed by atoms with Crippen LogP contribution in [0.3, 0.4) is 0 Å². The zero-order valence-electron chi connectivity index (χ0n) is 9.58. The van der Waals surface area contributed by atoms with E-state index in [4.69, 9.17) is 11.6 Å². The number of hydrogen-bond donors (Lipinski definition) is 1. The molecule has 0 heterocycles. The van der Waals surface area contributed by atoms with Crippen molar-refractivity contribution in [1.29, 1.82) is 0 Å². The summed E-state index contributed by atoms with van der Waals surface area (Å²) in [5.41, 5.74) is 1.28. The Bertz CT molecular complexity index is 327. The van der Waals surface area contributed by atoms with Crippen LogP contribution in [0.5, 0.6) is 0 Å². The molecule has 0 aliphatic heterocycles. The van der Waals surface area contributed by atoms with Gasteiger partial charge in [0.15, 0.2) is 0 Å². The van der Waals surface area contributed by atoms with Gasteiger partial charge in [-0.15, -0.1) is 12.4 Å². The summed E-state index contributed by atoms with van der Waals surface area (Å²) >= 11 is 5.93. The average molecular weight is 260 g/mol. The number of nitrogens with one attached hydrogen (secondary N) is 1. The van der Waals surface area contributed by atoms with E-state index >= 15 is 0 Å². The minimum atomic E-state index is 0. The zero-order valence-corrected chi connectivity index (χ0v) is 11.2. The summed E-state index contributed by atoms with van der Waals surface area (Å²) in [6, 6.07) is 8.84. The highest BCUT2D eigenvalue weighted by Crippen LogP contribution is 2.34. The summed E-state index contributed by atoms with van der Waals surface area (Å²) in [5, 5.41) is 4.41. The monoisotopic (exact) mass is 259 g/mol. The summed E-state index contributed by atoms with van der Waals surface area (Å²) in [7, 11) is 0. The summed E-state index contributed by atoms with van der Waals surface area (Å²) in [4.78, 5) is 0. The molecule has 0 aromatic heterocycles. The van der Waals surface area contributed by atoms with E-state index in [-0.39, 0.29) is 12.4 Å². The maximum absolute atomic E-state index is 5.93. The van der Waals surface area contributed by atoms with E-state index in [1.54, 1.807) is 0 Å². The van der Waals surface area contributed by atoms with Gasteiger partial charge in [0.2, 0.25) is 0 Å². The van der Waals surface area contributed by atoms with E-state index in [0.29, 0.717) is 0 Å². The Hall–Kier alpha value is -0.240. The lowest BCUT2D eigenvalue weighted by atomic mass is 10.2. The van der Waals surface area contributed by atoms with Crippen LogP contribution >= 0.6 is 24.0 Å². The first kappa shape index (κ1) is 13.8. The molecule has 2 rings (SSSR count). The van der Waals surface area contributed by atoms with Crippen LogP contribution < -0.4 is 5.32 Å². The fourth-order valence-corrected chi connectivity index (χ4v) is 2.30. The van der Waals surface area contributed by atoms with Crippen LogP contribution in [0.4, 0.5) is 0 Å². The molecule has 1 saturated carbocycles. The van der Waals surface area contributed by atoms with Gasteiger partial charge >= 0.3 is 0 Å². The molecule has 90 valence electrons. The average Bonchev–Trinajstić information content (AvgIpc) is 2.95. The lowest BCUT2D eigenvalue weighted by molar-refractivity contribution is 0.599. The second kappa shape index (κ2) is 6.48. The Morgan fingerprint density at radius 2 is 2.25 bits per heavy atom. The van der Waals surface area contributed by atoms with Gasteiger partial charge in [-0.1, -0.05) is 37.1 Å². The fourth-order valence-electron chi connectivity index (χ4n) is 2.08. The van der Waals surface area contributed by atoms with Crippen molar-refractivity contribution in [2.24, 2.45) is 5.92 Å². The minimum absolute atomic E-state index is 0. The van der Waals surface area contributed by atoms with E-state index in [0.717, 1.165) is 23.5 Å². The first-order valence-electron chi connectivity index (χ1n) is 5.77. The van der Waals surface area contributed by atoms with Crippen molar-refractivity contribution in [2.45, 2.75) is 38.8 Å². The van der Waals surface area contributed by atoms with Crippen LogP contribution in [-0.2, 0) is 6.54 Å². The largest absolute Gasteiger partial charge is 0.310 e. The molecule has 0 bridgehead atoms. The van der Waals surface area contributed by atoms with E-state index in [1.807, 2.05) is 18.2 Å². The topological polar surface area (TPSA) is 12.0 Å². The third-order valence-corrected chi connectivity index (χ3v) is 3.27. The Morgan fingerprint density at radius 1 is 1.44 bits per heavy atom. The van der Waals surface area contributed by atoms with E-state index < -0.39 is 0 Å². The first-order valence-corrected chi connectivity index (χ1v) is 6.15. The van der Waals surface area contributed by atoms with Crippen molar-refractivity contribution in [3.8, 4) is 0 Å². The van der Waals surface area contributed by atoms with Crippen LogP contribution in [0.15, 0.2) is 24.3 Å². The van der Waals surface area contributed by atoms with Gasteiger partial charge in [-0.2, -0.15) is 0 Å². The molecule has 1 aromatic carbocycles. The third-order valence-electron chi connectivity index (χ3n) is 3.04. The molecule has 3 heteroatoms. The molecule has 1 aliphatic carbocycles. The Labute approximate surface area is 109 Å². The minimum Gasteiger partial charge on any atom is -0.310 e. The lowest BCUT2D eigenvalue weighted by Crippen LogP contribution is -2.17. The van der Waals surface area contributed by atoms with Crippen molar-refractivity contribution in [2.75, 3.05) is 0 Å². The number of rotatable bonds is 5. The summed E-state index contributed by atoms with van der Waals surface area (Å²) in [6.07, 6.45) is 4.03. The van der Waals surface area contributed by atoms with Crippen LogP contribution in [0.2, 0.25) is 5.02 Å². The standard InChI is InChI=1S/C13H18ClN.ClH/c1-2-4-11-8-13(11)15-9-10-5-3-6-12(14)7-10;/h3,5-7,11,13,15H,2,4,8-9H2,1H3;1H. The molecule has 2 unspecified atom stereocenters. The van der Waals surface area contributed by atoms with Crippen LogP contribution in [0, 0.1) is 5.92 Å². The van der Waals surface area contributed by atoms with Gasteiger partial charge < -0.3 is 5.32 Å². The highest BCUT2D eigenvalue weighted by molar-refractivity contribution is 6.30. The molecule has 16 heavy (non-hydrogen) atoms. The SMILES string of the molecule is CCCC1CC1NCc1cccc(Cl)c1.Cl. The fraction of sp³-hybridized carbons (Fsp3) is 0.538. The summed E-state index contributed by atoms with van der Waals surface area (Å²) in [6.45, 7) is 3.21. The second-order valence-corrected chi connectivity index (χ2v) is 4.84. The Morgan fingerprint density at radius 3 is 2.94 bits per heavy atom. The molecular weight excluding hydrogens is 241 g/mol. The first-order chi connectivity index (χ1) is 7.29. The molecular formula is C13H19Cl2N. The van der Waals surface area contributed by atoms with Gasteiger partial charge in [0.1, 0.15) is 0 Å². The molecule has 1 nitrogen and oxygen atoms in total. The number of halogens is 2. The summed E-state index contributed by atoms with van der Waals surface area (Å²) in [5.74, 6) is 0.925. The molecule has 1 N–H and O–H groups in total. The van der Waals surface area contributed by atoms with Gasteiger partial charge in [-0.25, -0.2) is 0 Å². The number of benzene rings is 1. The van der Waals surface area contributed by atoms with Crippen LogP contribution in [-0.4, -0.2) is 6.04 Å². The van der Waals surface area contributed by atoms with Crippen LogP contribution in [0.1, 0.15) is 31.7 Å². The van der Waals surface area contributed by atoms with Gasteiger partial charge in [-0.05, 0) is 36.5 Å². The van der Waals surface area contributed by atoms with Crippen molar-refractivity contribution in [3.63, 3.8) is 0 Å². The van der Waals surface area contributed by atoms with Gasteiger partial charge in [0.25, 0.3) is 0 Å². The molecule has 2 atom stereocenters. The molecule has 0 saturated heterocycles. The predicted octanol–water partition coefficient (Wildman–Crippen LogP) is 4.04. The maximum atomic E-state index is 5.93. The normalized spacial score (nSPS) is 22.6. The molecule has 0 radical (unpaired) electrons. The molecule has 0 spiro atoms. The zero-order chi connectivity index (χ0) is 10.7. The van der Waals surface area contributed by atoms with E-state index in [9.17, 15) is 0 Å². The molecule has 1 aliphatic rings. The Balaban J connectivity index is 0.00000128. The summed E-state index contributed by atoms with van der Waals surface area (Å²) < 4.78 is 0. The number of hydrogen-bond acceptors (Lipinski definition) is 1. The highest BCUT2D eigenvalue weighted by atomic mass is 35.5. The van der Waals surface area contributed by atoms with Crippen LogP contribution in [0.25, 0.3) is 0 Å². The van der Waals surface area contributed by atoms with Crippen molar-refractivity contribution in [1.82, 2.24) is 5.32 Å². The van der Waals surface area contributed by atoms with Gasteiger partial charge in [0, 0.05) is 17.6 Å². The Kier molecular flexibility index (Phi) is 5.60. The lowest BCUT2D eigenvalue weighted by Gasteiger charge is -2.04. The van der Waals surface area contributed by atoms with Gasteiger partial charge in [0.05, 0.1) is 0 Å². The van der Waals surface area contributed by atoms with Crippen molar-refractivity contribution >= 4 is 24.0 Å². The van der Waals surface area contributed by atoms with Crippen molar-refractivity contribution < 1.29 is 0 Å². The molecule has 1 fully saturated rings. The highest BCUT2D eigenvalue weighted by Gasteiger charge is 2.35. The second-order valence-electron chi connectivity index (χ2n) is 4.40. The maximum Gasteiger partial charge on any atom is 0.0409 e.